The molecule has 1 amide bonds. The topological polar surface area (TPSA) is 66.5 Å². The molecular weight excluding hydrogens is 264 g/mol. The second-order valence-electron chi connectivity index (χ2n) is 6.82. The number of sulfonamides is 1. The predicted octanol–water partition coefficient (Wildman–Crippen LogP) is 0.573. The van der Waals surface area contributed by atoms with Crippen LogP contribution in [0.2, 0.25) is 0 Å². The van der Waals surface area contributed by atoms with Gasteiger partial charge in [-0.15, -0.1) is 0 Å². The summed E-state index contributed by atoms with van der Waals surface area (Å²) >= 11 is 0. The first-order valence-corrected chi connectivity index (χ1v) is 8.93. The molecule has 3 aliphatic rings. The van der Waals surface area contributed by atoms with Gasteiger partial charge in [0, 0.05) is 25.0 Å². The van der Waals surface area contributed by atoms with Crippen LogP contribution < -0.4 is 4.72 Å². The third kappa shape index (κ3) is 2.65. The normalized spacial score (nSPS) is 41.4. The lowest BCUT2D eigenvalue weighted by atomic mass is 9.65. The second kappa shape index (κ2) is 4.19. The van der Waals surface area contributed by atoms with Gasteiger partial charge in [-0.25, -0.2) is 13.1 Å². The fraction of sp³-hybridized carbons (Fsp3) is 0.923. The van der Waals surface area contributed by atoms with Crippen molar-refractivity contribution in [1.82, 2.24) is 9.62 Å². The third-order valence-corrected chi connectivity index (χ3v) is 5.68. The Bertz CT molecular complexity index is 496. The van der Waals surface area contributed by atoms with E-state index in [2.05, 4.69) is 11.6 Å². The van der Waals surface area contributed by atoms with E-state index in [0.717, 1.165) is 38.8 Å². The van der Waals surface area contributed by atoms with Crippen LogP contribution in [-0.4, -0.2) is 44.6 Å². The quantitative estimate of drug-likeness (QED) is 0.825. The Morgan fingerprint density at radius 1 is 1.37 bits per heavy atom. The molecule has 0 aromatic carbocycles. The van der Waals surface area contributed by atoms with Gasteiger partial charge in [-0.3, -0.25) is 4.79 Å². The Morgan fingerprint density at radius 3 is 2.53 bits per heavy atom. The van der Waals surface area contributed by atoms with Gasteiger partial charge in [0.25, 0.3) is 0 Å². The van der Waals surface area contributed by atoms with Gasteiger partial charge >= 0.3 is 0 Å². The molecule has 0 aromatic rings. The minimum absolute atomic E-state index is 0.0740. The van der Waals surface area contributed by atoms with Crippen LogP contribution in [0.1, 0.15) is 32.6 Å². The summed E-state index contributed by atoms with van der Waals surface area (Å²) in [4.78, 5) is 14.2. The van der Waals surface area contributed by atoms with Gasteiger partial charge < -0.3 is 4.90 Å². The zero-order chi connectivity index (χ0) is 13.8. The molecule has 108 valence electrons. The van der Waals surface area contributed by atoms with Crippen molar-refractivity contribution in [2.45, 2.75) is 38.6 Å². The fourth-order valence-corrected chi connectivity index (χ4v) is 4.50. The number of carbonyl (C=O) groups is 1. The summed E-state index contributed by atoms with van der Waals surface area (Å²) in [5, 5.41) is 0. The fourth-order valence-electron chi connectivity index (χ4n) is 3.73. The minimum atomic E-state index is -3.10. The molecule has 0 unspecified atom stereocenters. The highest BCUT2D eigenvalue weighted by Crippen LogP contribution is 2.50. The first-order chi connectivity index (χ1) is 8.78. The molecule has 1 aliphatic heterocycles. The maximum Gasteiger partial charge on any atom is 0.225 e. The number of carbonyl (C=O) groups excluding carboxylic acids is 1. The van der Waals surface area contributed by atoms with E-state index in [1.807, 2.05) is 4.90 Å². The number of hydrogen-bond acceptors (Lipinski definition) is 3. The van der Waals surface area contributed by atoms with E-state index in [1.54, 1.807) is 0 Å². The molecule has 0 bridgehead atoms. The van der Waals surface area contributed by atoms with Crippen molar-refractivity contribution in [3.05, 3.63) is 0 Å². The molecule has 2 atom stereocenters. The maximum atomic E-state index is 12.2. The lowest BCUT2D eigenvalue weighted by Gasteiger charge is -2.45. The number of amides is 1. The maximum absolute atomic E-state index is 12.2. The first kappa shape index (κ1) is 13.4. The first-order valence-electron chi connectivity index (χ1n) is 7.04. The van der Waals surface area contributed by atoms with Gasteiger partial charge in [-0.1, -0.05) is 6.92 Å². The van der Waals surface area contributed by atoms with Crippen LogP contribution in [-0.2, 0) is 14.8 Å². The van der Waals surface area contributed by atoms with E-state index in [9.17, 15) is 13.2 Å². The van der Waals surface area contributed by atoms with Crippen molar-refractivity contribution in [1.29, 1.82) is 0 Å². The van der Waals surface area contributed by atoms with Crippen molar-refractivity contribution in [2.24, 2.45) is 17.3 Å². The van der Waals surface area contributed by atoms with Gasteiger partial charge in [-0.05, 0) is 37.0 Å². The molecule has 3 rings (SSSR count). The van der Waals surface area contributed by atoms with Crippen LogP contribution in [0, 0.1) is 17.3 Å². The average molecular weight is 286 g/mol. The molecule has 5 nitrogen and oxygen atoms in total. The van der Waals surface area contributed by atoms with Gasteiger partial charge in [-0.2, -0.15) is 0 Å². The van der Waals surface area contributed by atoms with Crippen LogP contribution in [0.25, 0.3) is 0 Å². The van der Waals surface area contributed by atoms with Gasteiger partial charge in [0.05, 0.1) is 6.26 Å². The Kier molecular flexibility index (Phi) is 2.94. The molecule has 0 aromatic heterocycles. The molecule has 6 heteroatoms. The van der Waals surface area contributed by atoms with E-state index in [0.29, 0.717) is 11.8 Å². The number of hydrogen-bond donors (Lipinski definition) is 1. The predicted molar refractivity (Wildman–Crippen MR) is 71.9 cm³/mol. The molecule has 0 radical (unpaired) electrons. The van der Waals surface area contributed by atoms with Gasteiger partial charge in [0.2, 0.25) is 15.9 Å². The SMILES string of the molecule is C[C@@H]1C[C@H]1C(=O)N1CCC2(CC(NS(C)(=O)=O)C2)C1. The van der Waals surface area contributed by atoms with E-state index in [1.165, 1.54) is 6.26 Å². The Hall–Kier alpha value is -0.620. The molecule has 3 fully saturated rings. The molecule has 1 N–H and O–H groups in total. The van der Waals surface area contributed by atoms with E-state index >= 15 is 0 Å². The highest BCUT2D eigenvalue weighted by atomic mass is 32.2. The molecule has 1 spiro atoms. The molecule has 1 saturated heterocycles. The van der Waals surface area contributed by atoms with Crippen molar-refractivity contribution < 1.29 is 13.2 Å². The van der Waals surface area contributed by atoms with E-state index < -0.39 is 10.0 Å². The summed E-state index contributed by atoms with van der Waals surface area (Å²) in [5.74, 6) is 1.15. The van der Waals surface area contributed by atoms with Crippen molar-refractivity contribution in [3.63, 3.8) is 0 Å². The van der Waals surface area contributed by atoms with Crippen molar-refractivity contribution >= 4 is 15.9 Å². The van der Waals surface area contributed by atoms with Gasteiger partial charge in [0.15, 0.2) is 0 Å². The monoisotopic (exact) mass is 286 g/mol. The summed E-state index contributed by atoms with van der Waals surface area (Å²) in [5.41, 5.74) is 0.191. The minimum Gasteiger partial charge on any atom is -0.342 e. The zero-order valence-electron chi connectivity index (χ0n) is 11.6. The van der Waals surface area contributed by atoms with Crippen LogP contribution in [0.15, 0.2) is 0 Å². The summed E-state index contributed by atoms with van der Waals surface area (Å²) in [6.45, 7) is 3.81. The number of likely N-dealkylation sites (tertiary alicyclic amines) is 1. The van der Waals surface area contributed by atoms with Crippen molar-refractivity contribution in [2.75, 3.05) is 19.3 Å². The van der Waals surface area contributed by atoms with Crippen LogP contribution in [0.4, 0.5) is 0 Å². The number of nitrogens with zero attached hydrogens (tertiary/aromatic N) is 1. The number of nitrogens with one attached hydrogen (secondary N) is 1. The Morgan fingerprint density at radius 2 is 2.00 bits per heavy atom. The summed E-state index contributed by atoms with van der Waals surface area (Å²) in [6.07, 6.45) is 5.04. The smallest absolute Gasteiger partial charge is 0.225 e. The van der Waals surface area contributed by atoms with Crippen LogP contribution in [0.3, 0.4) is 0 Å². The Balaban J connectivity index is 1.52. The number of rotatable bonds is 3. The lowest BCUT2D eigenvalue weighted by molar-refractivity contribution is -0.132. The van der Waals surface area contributed by atoms with E-state index in [4.69, 9.17) is 0 Å². The summed E-state index contributed by atoms with van der Waals surface area (Å²) in [6, 6.07) is 0.0740. The molecule has 1 heterocycles. The Labute approximate surface area is 114 Å². The second-order valence-corrected chi connectivity index (χ2v) is 8.60. The zero-order valence-corrected chi connectivity index (χ0v) is 12.4. The highest BCUT2D eigenvalue weighted by molar-refractivity contribution is 7.88. The largest absolute Gasteiger partial charge is 0.342 e. The van der Waals surface area contributed by atoms with Crippen LogP contribution in [0.5, 0.6) is 0 Å². The molecule has 2 saturated carbocycles. The lowest BCUT2D eigenvalue weighted by Crippen LogP contribution is -2.51. The van der Waals surface area contributed by atoms with Crippen molar-refractivity contribution in [3.8, 4) is 0 Å². The van der Waals surface area contributed by atoms with Gasteiger partial charge in [0.1, 0.15) is 0 Å². The summed E-state index contributed by atoms with van der Waals surface area (Å²) in [7, 11) is -3.10. The highest BCUT2D eigenvalue weighted by Gasteiger charge is 2.52. The summed E-state index contributed by atoms with van der Waals surface area (Å²) < 4.78 is 25.0. The van der Waals surface area contributed by atoms with E-state index in [-0.39, 0.29) is 17.4 Å². The molecule has 19 heavy (non-hydrogen) atoms. The molecular formula is C13H22N2O3S. The van der Waals surface area contributed by atoms with Crippen LogP contribution >= 0.6 is 0 Å². The molecule has 2 aliphatic carbocycles. The standard InChI is InChI=1S/C13H22N2O3S/c1-9-5-11(9)12(16)15-4-3-13(8-15)6-10(7-13)14-19(2,17)18/h9-11,14H,3-8H2,1-2H3/t9-,10?,11-,13?/m1/s1. The third-order valence-electron chi connectivity index (χ3n) is 4.92. The average Bonchev–Trinajstić information content (AvgIpc) is 2.80.